The summed E-state index contributed by atoms with van der Waals surface area (Å²) in [5, 5.41) is 10.6. The van der Waals surface area contributed by atoms with E-state index in [-0.39, 0.29) is 5.60 Å². The molecule has 4 rings (SSSR count). The molecule has 84 valence electrons. The highest BCUT2D eigenvalue weighted by atomic mass is 16.3. The zero-order valence-electron chi connectivity index (χ0n) is 9.49. The van der Waals surface area contributed by atoms with E-state index in [0.717, 1.165) is 29.6 Å². The third kappa shape index (κ3) is 1.13. The molecule has 4 saturated carbocycles. The van der Waals surface area contributed by atoms with Crippen LogP contribution in [0.2, 0.25) is 0 Å². The van der Waals surface area contributed by atoms with Crippen molar-refractivity contribution in [2.24, 2.45) is 29.6 Å². The van der Waals surface area contributed by atoms with Crippen molar-refractivity contribution in [2.75, 3.05) is 0 Å². The molecule has 4 aliphatic rings. The van der Waals surface area contributed by atoms with Crippen LogP contribution < -0.4 is 0 Å². The molecule has 5 atom stereocenters. The summed E-state index contributed by atoms with van der Waals surface area (Å²) in [4.78, 5) is 0. The van der Waals surface area contributed by atoms with Crippen molar-refractivity contribution < 1.29 is 5.11 Å². The Balaban J connectivity index is 1.45. The van der Waals surface area contributed by atoms with E-state index in [1.54, 1.807) is 0 Å². The lowest BCUT2D eigenvalue weighted by molar-refractivity contribution is 0.0659. The molecule has 15 heavy (non-hydrogen) atoms. The number of fused-ring (bicyclic) bond motifs is 3. The first-order valence-electron chi connectivity index (χ1n) is 7.00. The molecule has 0 aliphatic heterocycles. The normalized spacial score (nSPS) is 61.0. The molecule has 0 aromatic carbocycles. The van der Waals surface area contributed by atoms with Gasteiger partial charge >= 0.3 is 0 Å². The van der Waals surface area contributed by atoms with Crippen molar-refractivity contribution in [3.05, 3.63) is 0 Å². The highest BCUT2D eigenvalue weighted by molar-refractivity contribution is 5.16. The molecule has 1 N–H and O–H groups in total. The first kappa shape index (κ1) is 9.04. The van der Waals surface area contributed by atoms with Crippen molar-refractivity contribution in [1.29, 1.82) is 0 Å². The fourth-order valence-electron chi connectivity index (χ4n) is 5.40. The van der Waals surface area contributed by atoms with Crippen molar-refractivity contribution in [3.63, 3.8) is 0 Å². The fraction of sp³-hybridized carbons (Fsp3) is 1.00. The average molecular weight is 206 g/mol. The second-order valence-electron chi connectivity index (χ2n) is 6.77. The van der Waals surface area contributed by atoms with E-state index in [2.05, 4.69) is 0 Å². The Morgan fingerprint density at radius 1 is 1.00 bits per heavy atom. The highest BCUT2D eigenvalue weighted by Crippen LogP contribution is 2.65. The first-order chi connectivity index (χ1) is 7.27. The Bertz CT molecular complexity index is 275. The van der Waals surface area contributed by atoms with E-state index in [0.29, 0.717) is 0 Å². The van der Waals surface area contributed by atoms with Gasteiger partial charge in [-0.1, -0.05) is 12.8 Å². The van der Waals surface area contributed by atoms with E-state index in [4.69, 9.17) is 0 Å². The fourth-order valence-corrected chi connectivity index (χ4v) is 5.40. The molecule has 5 unspecified atom stereocenters. The summed E-state index contributed by atoms with van der Waals surface area (Å²) in [6.07, 6.45) is 11.1. The van der Waals surface area contributed by atoms with Crippen LogP contribution in [0.1, 0.15) is 51.4 Å². The summed E-state index contributed by atoms with van der Waals surface area (Å²) in [5.41, 5.74) is -0.173. The molecule has 0 heterocycles. The maximum Gasteiger partial charge on any atom is 0.0714 e. The van der Waals surface area contributed by atoms with E-state index >= 15 is 0 Å². The van der Waals surface area contributed by atoms with Gasteiger partial charge in [0.25, 0.3) is 0 Å². The predicted octanol–water partition coefficient (Wildman–Crippen LogP) is 2.97. The van der Waals surface area contributed by atoms with Gasteiger partial charge in [-0.2, -0.15) is 0 Å². The van der Waals surface area contributed by atoms with Gasteiger partial charge in [0.2, 0.25) is 0 Å². The van der Waals surface area contributed by atoms with E-state index in [1.165, 1.54) is 51.4 Å². The molecule has 0 aromatic heterocycles. The topological polar surface area (TPSA) is 20.2 Å². The van der Waals surface area contributed by atoms with Crippen molar-refractivity contribution >= 4 is 0 Å². The van der Waals surface area contributed by atoms with Crippen LogP contribution in [0.25, 0.3) is 0 Å². The Labute approximate surface area is 92.3 Å². The minimum Gasteiger partial charge on any atom is -0.389 e. The van der Waals surface area contributed by atoms with Gasteiger partial charge in [0.15, 0.2) is 0 Å². The monoisotopic (exact) mass is 206 g/mol. The van der Waals surface area contributed by atoms with Crippen molar-refractivity contribution in [3.8, 4) is 0 Å². The molecule has 0 amide bonds. The summed E-state index contributed by atoms with van der Waals surface area (Å²) in [6, 6.07) is 0. The zero-order chi connectivity index (χ0) is 10.0. The summed E-state index contributed by atoms with van der Waals surface area (Å²) in [7, 11) is 0. The van der Waals surface area contributed by atoms with Crippen molar-refractivity contribution in [1.82, 2.24) is 0 Å². The maximum absolute atomic E-state index is 10.6. The van der Waals surface area contributed by atoms with Crippen LogP contribution >= 0.6 is 0 Å². The lowest BCUT2D eigenvalue weighted by Crippen LogP contribution is -2.23. The third-order valence-corrected chi connectivity index (χ3v) is 6.16. The second kappa shape index (κ2) is 2.80. The molecule has 4 aliphatic carbocycles. The summed E-state index contributed by atoms with van der Waals surface area (Å²) in [6.45, 7) is 0. The van der Waals surface area contributed by atoms with Crippen LogP contribution in [0.4, 0.5) is 0 Å². The average Bonchev–Trinajstić information content (AvgIpc) is 2.80. The van der Waals surface area contributed by atoms with Crippen LogP contribution in [0, 0.1) is 29.6 Å². The van der Waals surface area contributed by atoms with Crippen LogP contribution in [0.15, 0.2) is 0 Å². The summed E-state index contributed by atoms with van der Waals surface area (Å²) in [5.74, 6) is 4.38. The van der Waals surface area contributed by atoms with Crippen LogP contribution in [-0.2, 0) is 0 Å². The maximum atomic E-state index is 10.6. The molecule has 2 bridgehead atoms. The van der Waals surface area contributed by atoms with Gasteiger partial charge in [-0.3, -0.25) is 0 Å². The number of hydrogen-bond donors (Lipinski definition) is 1. The molecule has 0 aromatic rings. The quantitative estimate of drug-likeness (QED) is 0.736. The molecule has 0 spiro atoms. The zero-order valence-corrected chi connectivity index (χ0v) is 9.49. The number of rotatable bonds is 2. The SMILES string of the molecule is OC1(CC2CC3CCC2C3)C2CCCC21. The second-order valence-corrected chi connectivity index (χ2v) is 6.77. The van der Waals surface area contributed by atoms with Gasteiger partial charge in [0.1, 0.15) is 0 Å². The smallest absolute Gasteiger partial charge is 0.0714 e. The Hall–Kier alpha value is -0.0400. The molecule has 4 fully saturated rings. The van der Waals surface area contributed by atoms with Gasteiger partial charge < -0.3 is 5.11 Å². The third-order valence-electron chi connectivity index (χ3n) is 6.16. The van der Waals surface area contributed by atoms with Crippen molar-refractivity contribution in [2.45, 2.75) is 57.0 Å². The van der Waals surface area contributed by atoms with Crippen LogP contribution in [0.5, 0.6) is 0 Å². The predicted molar refractivity (Wildman–Crippen MR) is 59.3 cm³/mol. The minimum absolute atomic E-state index is 0.173. The number of hydrogen-bond acceptors (Lipinski definition) is 1. The lowest BCUT2D eigenvalue weighted by atomic mass is 9.82. The number of aliphatic hydroxyl groups is 1. The molecule has 0 radical (unpaired) electrons. The Kier molecular flexibility index (Phi) is 1.68. The molecular formula is C14H22O. The standard InChI is InChI=1S/C14H22O/c15-14(12-2-1-3-13(12)14)8-11-7-9-4-5-10(11)6-9/h9-13,15H,1-8H2. The summed E-state index contributed by atoms with van der Waals surface area (Å²) >= 11 is 0. The largest absolute Gasteiger partial charge is 0.389 e. The molecule has 0 saturated heterocycles. The van der Waals surface area contributed by atoms with Gasteiger partial charge in [0.05, 0.1) is 5.60 Å². The first-order valence-corrected chi connectivity index (χ1v) is 7.00. The molecule has 1 heteroatoms. The van der Waals surface area contributed by atoms with Gasteiger partial charge in [-0.25, -0.2) is 0 Å². The highest BCUT2D eigenvalue weighted by Gasteiger charge is 2.66. The molecule has 1 nitrogen and oxygen atoms in total. The van der Waals surface area contributed by atoms with Gasteiger partial charge in [0, 0.05) is 0 Å². The van der Waals surface area contributed by atoms with E-state index in [1.807, 2.05) is 0 Å². The van der Waals surface area contributed by atoms with Crippen LogP contribution in [-0.4, -0.2) is 10.7 Å². The summed E-state index contributed by atoms with van der Waals surface area (Å²) < 4.78 is 0. The molecular weight excluding hydrogens is 184 g/mol. The Morgan fingerprint density at radius 2 is 1.80 bits per heavy atom. The lowest BCUT2D eigenvalue weighted by Gasteiger charge is -2.26. The van der Waals surface area contributed by atoms with E-state index < -0.39 is 0 Å². The minimum atomic E-state index is -0.173. The Morgan fingerprint density at radius 3 is 2.40 bits per heavy atom. The van der Waals surface area contributed by atoms with E-state index in [9.17, 15) is 5.11 Å². The van der Waals surface area contributed by atoms with Crippen LogP contribution in [0.3, 0.4) is 0 Å². The van der Waals surface area contributed by atoms with Gasteiger partial charge in [-0.15, -0.1) is 0 Å². The van der Waals surface area contributed by atoms with Gasteiger partial charge in [-0.05, 0) is 68.1 Å².